The molecule has 44 heavy (non-hydrogen) atoms. The van der Waals surface area contributed by atoms with Gasteiger partial charge in [-0.15, -0.1) is 24.9 Å². The topological polar surface area (TPSA) is 93.6 Å². The Bertz CT molecular complexity index is 1230. The van der Waals surface area contributed by atoms with Gasteiger partial charge < -0.3 is 24.5 Å². The number of alkyl halides is 1. The van der Waals surface area contributed by atoms with Gasteiger partial charge >= 0.3 is 0 Å². The minimum atomic E-state index is -0.804. The van der Waals surface area contributed by atoms with Gasteiger partial charge in [0.15, 0.2) is 0 Å². The van der Waals surface area contributed by atoms with Crippen LogP contribution >= 0.6 is 27.7 Å². The fraction of sp³-hybridized carbons (Fsp3) is 0.606. The van der Waals surface area contributed by atoms with Crippen molar-refractivity contribution < 1.29 is 24.2 Å². The second-order valence-electron chi connectivity index (χ2n) is 12.5. The van der Waals surface area contributed by atoms with Crippen molar-refractivity contribution in [2.75, 3.05) is 64.0 Å². The number of fused-ring (bicyclic) bond motifs is 1. The number of aliphatic hydroxyl groups is 1. The number of thioether (sulfide) groups is 1. The molecule has 240 valence electrons. The van der Waals surface area contributed by atoms with Crippen molar-refractivity contribution in [3.05, 3.63) is 55.6 Å². The van der Waals surface area contributed by atoms with Crippen LogP contribution in [0.5, 0.6) is 0 Å². The van der Waals surface area contributed by atoms with Gasteiger partial charge in [-0.2, -0.15) is 0 Å². The molecule has 0 radical (unpaired) electrons. The average molecular weight is 690 g/mol. The highest BCUT2D eigenvalue weighted by Gasteiger charge is 2.76. The van der Waals surface area contributed by atoms with Crippen LogP contribution in [0, 0.1) is 17.8 Å². The van der Waals surface area contributed by atoms with Crippen molar-refractivity contribution in [1.29, 1.82) is 0 Å². The smallest absolute Gasteiger partial charge is 0.247 e. The number of hydrogen-bond acceptors (Lipinski definition) is 7. The van der Waals surface area contributed by atoms with Gasteiger partial charge in [-0.05, 0) is 24.5 Å². The summed E-state index contributed by atoms with van der Waals surface area (Å²) >= 11 is 5.50. The van der Waals surface area contributed by atoms with Crippen molar-refractivity contribution in [2.24, 2.45) is 17.8 Å². The van der Waals surface area contributed by atoms with Crippen LogP contribution in [-0.4, -0.2) is 124 Å². The van der Waals surface area contributed by atoms with Crippen LogP contribution in [0.15, 0.2) is 55.6 Å². The van der Waals surface area contributed by atoms with Crippen molar-refractivity contribution in [3.8, 4) is 0 Å². The number of aliphatic hydroxyl groups excluding tert-OH is 1. The van der Waals surface area contributed by atoms with E-state index >= 15 is 0 Å². The number of rotatable bonds is 13. The largest absolute Gasteiger partial charge is 0.394 e. The fourth-order valence-electron chi connectivity index (χ4n) is 7.55. The second kappa shape index (κ2) is 14.1. The number of carbonyl (C=O) groups excluding carboxylic acids is 3. The maximum absolute atomic E-state index is 14.8. The molecule has 4 fully saturated rings. The normalized spacial score (nSPS) is 30.3. The number of morpholine rings is 1. The van der Waals surface area contributed by atoms with Gasteiger partial charge in [0, 0.05) is 55.0 Å². The van der Waals surface area contributed by atoms with E-state index in [2.05, 4.69) is 34.0 Å². The number of anilines is 1. The van der Waals surface area contributed by atoms with Crippen molar-refractivity contribution in [2.45, 2.75) is 47.2 Å². The van der Waals surface area contributed by atoms with Crippen molar-refractivity contribution in [1.82, 2.24) is 14.7 Å². The van der Waals surface area contributed by atoms with Crippen molar-refractivity contribution >= 4 is 51.1 Å². The Balaban J connectivity index is 1.54. The highest BCUT2D eigenvalue weighted by atomic mass is 79.9. The Morgan fingerprint density at radius 1 is 1.16 bits per heavy atom. The molecule has 4 aliphatic rings. The zero-order chi connectivity index (χ0) is 31.6. The summed E-state index contributed by atoms with van der Waals surface area (Å²) in [5, 5.41) is 10.4. The van der Waals surface area contributed by atoms with Crippen LogP contribution in [0.2, 0.25) is 0 Å². The molecule has 4 saturated heterocycles. The third-order valence-corrected chi connectivity index (χ3v) is 12.9. The molecule has 7 atom stereocenters. The molecular formula is C33H45BrN4O5S. The maximum Gasteiger partial charge on any atom is 0.247 e. The molecule has 0 saturated carbocycles. The number of nitrogens with zero attached hydrogens (tertiary/aromatic N) is 4. The van der Waals surface area contributed by atoms with Gasteiger partial charge in [0.25, 0.3) is 0 Å². The first kappa shape index (κ1) is 33.2. The number of benzene rings is 1. The number of para-hydroxylation sites is 1. The molecule has 3 amide bonds. The summed E-state index contributed by atoms with van der Waals surface area (Å²) in [5.41, 5.74) is 0.746. The van der Waals surface area contributed by atoms with E-state index in [4.69, 9.17) is 4.74 Å². The minimum Gasteiger partial charge on any atom is -0.394 e. The molecule has 1 aromatic carbocycles. The molecule has 3 unspecified atom stereocenters. The highest BCUT2D eigenvalue weighted by Crippen LogP contribution is 2.68. The summed E-state index contributed by atoms with van der Waals surface area (Å²) in [5.74, 6) is -1.87. The molecule has 11 heteroatoms. The predicted octanol–water partition coefficient (Wildman–Crippen LogP) is 3.03. The van der Waals surface area contributed by atoms with E-state index in [0.29, 0.717) is 45.8 Å². The quantitative estimate of drug-likeness (QED) is 0.252. The lowest BCUT2D eigenvalue weighted by Crippen LogP contribution is -2.59. The zero-order valence-electron chi connectivity index (χ0n) is 25.7. The van der Waals surface area contributed by atoms with Crippen LogP contribution in [0.4, 0.5) is 5.69 Å². The zero-order valence-corrected chi connectivity index (χ0v) is 28.1. The Kier molecular flexibility index (Phi) is 10.6. The molecule has 5 rings (SSSR count). The lowest BCUT2D eigenvalue weighted by atomic mass is 9.70. The van der Waals surface area contributed by atoms with E-state index in [1.54, 1.807) is 38.6 Å². The van der Waals surface area contributed by atoms with Gasteiger partial charge in [0.1, 0.15) is 6.04 Å². The lowest BCUT2D eigenvalue weighted by Gasteiger charge is -2.41. The Morgan fingerprint density at radius 3 is 2.45 bits per heavy atom. The third-order valence-electron chi connectivity index (χ3n) is 9.66. The van der Waals surface area contributed by atoms with E-state index < -0.39 is 28.7 Å². The van der Waals surface area contributed by atoms with Crippen LogP contribution in [0.3, 0.4) is 0 Å². The summed E-state index contributed by atoms with van der Waals surface area (Å²) in [6.45, 7) is 16.3. The van der Waals surface area contributed by atoms with Crippen LogP contribution in [0.1, 0.15) is 20.3 Å². The second-order valence-corrected chi connectivity index (χ2v) is 15.2. The fourth-order valence-corrected chi connectivity index (χ4v) is 11.1. The van der Waals surface area contributed by atoms with Crippen LogP contribution < -0.4 is 4.90 Å². The molecule has 9 nitrogen and oxygen atoms in total. The number of amides is 3. The highest BCUT2D eigenvalue weighted by molar-refractivity contribution is 9.09. The molecule has 1 N–H and O–H groups in total. The maximum atomic E-state index is 14.8. The first-order chi connectivity index (χ1) is 21.2. The molecular weight excluding hydrogens is 644 g/mol. The van der Waals surface area contributed by atoms with Gasteiger partial charge in [0.2, 0.25) is 17.7 Å². The number of hydrogen-bond donors (Lipinski definition) is 1. The standard InChI is InChI=1S/C33H45BrN4O5S/c1-5-12-36(15-14-35-16-18-43-19-17-35)32(42)29-33-20-24(34)28(44-33)26(27(33)31(41)38(29)25(21-39)22(3)4)30(40)37(13-6-2)23-10-8-7-9-11-23/h5-11,22,24-29,39H,1-2,12-21H2,3-4H3/t24?,25-,26-,27-,28-,29?,33?/m0/s1. The minimum absolute atomic E-state index is 0.0464. The van der Waals surface area contributed by atoms with Gasteiger partial charge in [-0.1, -0.05) is 60.1 Å². The Hall–Kier alpha value is -2.18. The van der Waals surface area contributed by atoms with Gasteiger partial charge in [-0.3, -0.25) is 19.3 Å². The van der Waals surface area contributed by atoms with Crippen molar-refractivity contribution in [3.63, 3.8) is 0 Å². The summed E-state index contributed by atoms with van der Waals surface area (Å²) in [6, 6.07) is 8.10. The van der Waals surface area contributed by atoms with E-state index in [1.165, 1.54) is 0 Å². The monoisotopic (exact) mass is 688 g/mol. The van der Waals surface area contributed by atoms with E-state index in [9.17, 15) is 19.5 Å². The van der Waals surface area contributed by atoms with Gasteiger partial charge in [0.05, 0.1) is 42.4 Å². The van der Waals surface area contributed by atoms with E-state index in [1.807, 2.05) is 44.2 Å². The molecule has 0 aliphatic carbocycles. The molecule has 4 heterocycles. The first-order valence-electron chi connectivity index (χ1n) is 15.6. The molecule has 4 aliphatic heterocycles. The average Bonchev–Trinajstić information content (AvgIpc) is 3.62. The van der Waals surface area contributed by atoms with Gasteiger partial charge in [-0.25, -0.2) is 0 Å². The predicted molar refractivity (Wildman–Crippen MR) is 178 cm³/mol. The Labute approximate surface area is 273 Å². The number of likely N-dealkylation sites (tertiary alicyclic amines) is 1. The van der Waals surface area contributed by atoms with Crippen LogP contribution in [0.25, 0.3) is 0 Å². The summed E-state index contributed by atoms with van der Waals surface area (Å²) in [7, 11) is 0. The molecule has 2 bridgehead atoms. The summed E-state index contributed by atoms with van der Waals surface area (Å²) in [6.07, 6.45) is 4.01. The van der Waals surface area contributed by atoms with Crippen LogP contribution in [-0.2, 0) is 19.1 Å². The number of halogens is 1. The lowest BCUT2D eigenvalue weighted by molar-refractivity contribution is -0.146. The molecule has 1 aromatic rings. The summed E-state index contributed by atoms with van der Waals surface area (Å²) < 4.78 is 4.70. The molecule has 1 spiro atoms. The first-order valence-corrected chi connectivity index (χ1v) is 17.4. The van der Waals surface area contributed by atoms with E-state index in [-0.39, 0.29) is 40.3 Å². The molecule has 0 aromatic heterocycles. The summed E-state index contributed by atoms with van der Waals surface area (Å²) in [4.78, 5) is 51.4. The Morgan fingerprint density at radius 2 is 1.84 bits per heavy atom. The number of ether oxygens (including phenoxy) is 1. The third kappa shape index (κ3) is 5.90. The van der Waals surface area contributed by atoms with E-state index in [0.717, 1.165) is 18.8 Å². The SMILES string of the molecule is C=CCN(CCN1CCOCC1)C(=O)C1N([C@@H](CO)C(C)C)C(=O)[C@@H]2[C@H](C(=O)N(CC=C)c3ccccc3)[C@H]3SC12CC3Br. The number of carbonyl (C=O) groups is 3.